The van der Waals surface area contributed by atoms with E-state index in [1.165, 1.54) is 6.07 Å². The lowest BCUT2D eigenvalue weighted by Gasteiger charge is -2.32. The van der Waals surface area contributed by atoms with Crippen molar-refractivity contribution < 1.29 is 23.1 Å². The lowest BCUT2D eigenvalue weighted by molar-refractivity contribution is -0.137. The van der Waals surface area contributed by atoms with E-state index in [1.807, 2.05) is 0 Å². The van der Waals surface area contributed by atoms with Crippen LogP contribution in [0.5, 0.6) is 0 Å². The van der Waals surface area contributed by atoms with Gasteiger partial charge in [-0.1, -0.05) is 30.3 Å². The van der Waals surface area contributed by atoms with Gasteiger partial charge in [0.15, 0.2) is 5.54 Å². The molecule has 0 saturated heterocycles. The zero-order valence-electron chi connectivity index (χ0n) is 16.9. The fourth-order valence-corrected chi connectivity index (χ4v) is 3.77. The zero-order chi connectivity index (χ0) is 22.8. The Morgan fingerprint density at radius 2 is 2.00 bits per heavy atom. The number of hydrogen-bond acceptors (Lipinski definition) is 4. The molecule has 3 aromatic rings. The molecule has 0 fully saturated rings. The van der Waals surface area contributed by atoms with Crippen LogP contribution in [0.3, 0.4) is 0 Å². The van der Waals surface area contributed by atoms with Crippen molar-refractivity contribution in [3.63, 3.8) is 0 Å². The minimum Gasteiger partial charge on any atom is -0.395 e. The third-order valence-corrected chi connectivity index (χ3v) is 5.24. The Labute approximate surface area is 182 Å². The number of halogens is 3. The second kappa shape index (κ2) is 8.51. The summed E-state index contributed by atoms with van der Waals surface area (Å²) in [4.78, 5) is 13.0. The second-order valence-electron chi connectivity index (χ2n) is 7.41. The predicted octanol–water partition coefficient (Wildman–Crippen LogP) is 3.08. The molecule has 0 saturated carbocycles. The van der Waals surface area contributed by atoms with E-state index in [9.17, 15) is 18.0 Å². The van der Waals surface area contributed by atoms with E-state index in [1.54, 1.807) is 59.6 Å². The molecule has 32 heavy (non-hydrogen) atoms. The SMILES string of the molecule is O=C(NCCO)C1(c2cccc3nn(Cc4cccc(C(F)(F)F)c4)cc23)C=CC=CN1. The number of nitrogens with one attached hydrogen (secondary N) is 2. The van der Waals surface area contributed by atoms with Crippen LogP contribution in [0.2, 0.25) is 0 Å². The Morgan fingerprint density at radius 3 is 2.72 bits per heavy atom. The number of carbonyl (C=O) groups excluding carboxylic acids is 1. The number of amides is 1. The van der Waals surface area contributed by atoms with Crippen LogP contribution in [0, 0.1) is 0 Å². The maximum Gasteiger partial charge on any atom is 0.416 e. The third-order valence-electron chi connectivity index (χ3n) is 5.24. The number of rotatable bonds is 6. The first kappa shape index (κ1) is 21.6. The van der Waals surface area contributed by atoms with Crippen LogP contribution in [-0.4, -0.2) is 33.9 Å². The molecular formula is C23H21F3N4O2. The van der Waals surface area contributed by atoms with Crippen LogP contribution in [0.4, 0.5) is 13.2 Å². The fourth-order valence-electron chi connectivity index (χ4n) is 3.77. The van der Waals surface area contributed by atoms with E-state index in [0.717, 1.165) is 12.1 Å². The quantitative estimate of drug-likeness (QED) is 0.548. The number of alkyl halides is 3. The van der Waals surface area contributed by atoms with Gasteiger partial charge in [0.05, 0.1) is 24.2 Å². The highest BCUT2D eigenvalue weighted by Crippen LogP contribution is 2.33. The third kappa shape index (κ3) is 4.11. The van der Waals surface area contributed by atoms with Gasteiger partial charge in [0, 0.05) is 23.7 Å². The maximum absolute atomic E-state index is 13.0. The smallest absolute Gasteiger partial charge is 0.395 e. The van der Waals surface area contributed by atoms with Gasteiger partial charge in [-0.3, -0.25) is 9.48 Å². The first-order valence-electron chi connectivity index (χ1n) is 9.97. The number of aliphatic hydroxyl groups is 1. The van der Waals surface area contributed by atoms with Crippen molar-refractivity contribution >= 4 is 16.8 Å². The first-order chi connectivity index (χ1) is 15.3. The van der Waals surface area contributed by atoms with Crippen molar-refractivity contribution in [1.29, 1.82) is 0 Å². The van der Waals surface area contributed by atoms with Crippen molar-refractivity contribution in [2.24, 2.45) is 0 Å². The molecule has 0 aliphatic carbocycles. The molecule has 1 amide bonds. The van der Waals surface area contributed by atoms with Crippen molar-refractivity contribution in [3.05, 3.63) is 89.8 Å². The molecule has 1 unspecified atom stereocenters. The number of aromatic nitrogens is 2. The van der Waals surface area contributed by atoms with Gasteiger partial charge >= 0.3 is 6.18 Å². The molecule has 0 spiro atoms. The summed E-state index contributed by atoms with van der Waals surface area (Å²) < 4.78 is 40.7. The molecule has 1 aromatic heterocycles. The maximum atomic E-state index is 13.0. The van der Waals surface area contributed by atoms with Gasteiger partial charge in [-0.2, -0.15) is 18.3 Å². The highest BCUT2D eigenvalue weighted by Gasteiger charge is 2.39. The van der Waals surface area contributed by atoms with Crippen LogP contribution >= 0.6 is 0 Å². The van der Waals surface area contributed by atoms with E-state index in [-0.39, 0.29) is 25.6 Å². The number of allylic oxidation sites excluding steroid dienone is 2. The van der Waals surface area contributed by atoms with Crippen LogP contribution in [-0.2, 0) is 23.1 Å². The van der Waals surface area contributed by atoms with E-state index < -0.39 is 17.3 Å². The van der Waals surface area contributed by atoms with E-state index >= 15 is 0 Å². The molecule has 3 N–H and O–H groups in total. The number of fused-ring (bicyclic) bond motifs is 1. The first-order valence-corrected chi connectivity index (χ1v) is 9.97. The van der Waals surface area contributed by atoms with Gasteiger partial charge in [0.25, 0.3) is 5.91 Å². The summed E-state index contributed by atoms with van der Waals surface area (Å²) in [5, 5.41) is 20.1. The highest BCUT2D eigenvalue weighted by molar-refractivity contribution is 5.96. The monoisotopic (exact) mass is 442 g/mol. The largest absolute Gasteiger partial charge is 0.416 e. The van der Waals surface area contributed by atoms with Gasteiger partial charge in [-0.25, -0.2) is 0 Å². The topological polar surface area (TPSA) is 79.2 Å². The summed E-state index contributed by atoms with van der Waals surface area (Å²) in [6.07, 6.45) is 4.19. The molecule has 0 radical (unpaired) electrons. The fraction of sp³-hybridized carbons (Fsp3) is 0.217. The summed E-state index contributed by atoms with van der Waals surface area (Å²) >= 11 is 0. The molecule has 9 heteroatoms. The van der Waals surface area contributed by atoms with Gasteiger partial charge in [-0.15, -0.1) is 0 Å². The second-order valence-corrected chi connectivity index (χ2v) is 7.41. The number of nitrogens with zero attached hydrogens (tertiary/aromatic N) is 2. The Kier molecular flexibility index (Phi) is 5.75. The average molecular weight is 442 g/mol. The summed E-state index contributed by atoms with van der Waals surface area (Å²) in [5.74, 6) is -0.342. The lowest BCUT2D eigenvalue weighted by atomic mass is 9.85. The molecule has 6 nitrogen and oxygen atoms in total. The Morgan fingerprint density at radius 1 is 1.19 bits per heavy atom. The highest BCUT2D eigenvalue weighted by atomic mass is 19.4. The molecule has 1 atom stereocenters. The minimum absolute atomic E-state index is 0.102. The molecule has 1 aliphatic heterocycles. The molecular weight excluding hydrogens is 421 g/mol. The Bertz CT molecular complexity index is 1200. The normalized spacial score (nSPS) is 18.0. The van der Waals surface area contributed by atoms with Crippen LogP contribution in [0.15, 0.2) is 73.1 Å². The van der Waals surface area contributed by atoms with Crippen molar-refractivity contribution in [2.45, 2.75) is 18.3 Å². The van der Waals surface area contributed by atoms with Crippen LogP contribution < -0.4 is 10.6 Å². The van der Waals surface area contributed by atoms with Gasteiger partial charge in [0.1, 0.15) is 0 Å². The summed E-state index contributed by atoms with van der Waals surface area (Å²) in [5.41, 5.74) is -0.221. The van der Waals surface area contributed by atoms with Crippen molar-refractivity contribution in [3.8, 4) is 0 Å². The van der Waals surface area contributed by atoms with E-state index in [2.05, 4.69) is 15.7 Å². The summed E-state index contributed by atoms with van der Waals surface area (Å²) in [6, 6.07) is 10.5. The Hall–Kier alpha value is -3.59. The molecule has 4 rings (SSSR count). The van der Waals surface area contributed by atoms with Gasteiger partial charge < -0.3 is 15.7 Å². The predicted molar refractivity (Wildman–Crippen MR) is 113 cm³/mol. The minimum atomic E-state index is -4.42. The van der Waals surface area contributed by atoms with Gasteiger partial charge in [0.2, 0.25) is 0 Å². The van der Waals surface area contributed by atoms with Crippen molar-refractivity contribution in [2.75, 3.05) is 13.2 Å². The lowest BCUT2D eigenvalue weighted by Crippen LogP contribution is -2.52. The van der Waals surface area contributed by atoms with Crippen molar-refractivity contribution in [1.82, 2.24) is 20.4 Å². The van der Waals surface area contributed by atoms with E-state index in [4.69, 9.17) is 5.11 Å². The summed E-state index contributed by atoms with van der Waals surface area (Å²) in [6.45, 7) is 0.0516. The van der Waals surface area contributed by atoms with Gasteiger partial charge in [-0.05, 0) is 42.1 Å². The molecule has 2 aromatic carbocycles. The standard InChI is InChI=1S/C23H21F3N4O2/c24-23(25,26)17-6-3-5-16(13-17)14-30-15-18-19(7-4-8-20(18)29-30)22(9-1-2-10-28-22)21(32)27-11-12-31/h1-10,13,15,28,31H,11-12,14H2,(H,27,32). The molecule has 1 aliphatic rings. The number of benzene rings is 2. The average Bonchev–Trinajstić information content (AvgIpc) is 3.19. The molecule has 2 heterocycles. The van der Waals surface area contributed by atoms with Crippen LogP contribution in [0.1, 0.15) is 16.7 Å². The number of aliphatic hydroxyl groups excluding tert-OH is 1. The van der Waals surface area contributed by atoms with Crippen LogP contribution in [0.25, 0.3) is 10.9 Å². The Balaban J connectivity index is 1.73. The molecule has 166 valence electrons. The summed E-state index contributed by atoms with van der Waals surface area (Å²) in [7, 11) is 0. The van der Waals surface area contributed by atoms with E-state index in [0.29, 0.717) is 22.0 Å². The number of carbonyl (C=O) groups is 1. The number of dihydropyridines is 1. The zero-order valence-corrected chi connectivity index (χ0v) is 16.9. The molecule has 0 bridgehead atoms. The number of hydrogen-bond donors (Lipinski definition) is 3.